The van der Waals surface area contributed by atoms with Crippen molar-refractivity contribution in [3.63, 3.8) is 0 Å². The molecule has 7 heteroatoms. The normalized spacial score (nSPS) is 12.0. The number of guanidine groups is 1. The van der Waals surface area contributed by atoms with Gasteiger partial charge in [-0.1, -0.05) is 30.3 Å². The molecule has 2 rings (SSSR count). The first kappa shape index (κ1) is 20.9. The van der Waals surface area contributed by atoms with E-state index in [9.17, 15) is 12.8 Å². The average molecular weight is 392 g/mol. The van der Waals surface area contributed by atoms with Crippen molar-refractivity contribution in [1.82, 2.24) is 10.6 Å². The van der Waals surface area contributed by atoms with E-state index in [1.807, 2.05) is 6.92 Å². The minimum atomic E-state index is -3.27. The third kappa shape index (κ3) is 7.38. The number of sulfone groups is 1. The number of rotatable bonds is 9. The lowest BCUT2D eigenvalue weighted by atomic mass is 10.1. The summed E-state index contributed by atoms with van der Waals surface area (Å²) >= 11 is 0. The predicted molar refractivity (Wildman–Crippen MR) is 107 cm³/mol. The lowest BCUT2D eigenvalue weighted by Gasteiger charge is -2.11. The molecule has 0 atom stereocenters. The molecule has 0 radical (unpaired) electrons. The number of benzene rings is 2. The summed E-state index contributed by atoms with van der Waals surface area (Å²) in [4.78, 5) is 4.77. The number of nitrogens with zero attached hydrogens (tertiary/aromatic N) is 1. The number of aliphatic imine (C=N–C) groups is 1. The lowest BCUT2D eigenvalue weighted by Crippen LogP contribution is -2.38. The molecule has 0 spiro atoms. The molecule has 0 fully saturated rings. The highest BCUT2D eigenvalue weighted by molar-refractivity contribution is 7.91. The highest BCUT2D eigenvalue weighted by Crippen LogP contribution is 2.11. The smallest absolute Gasteiger partial charge is 0.191 e. The van der Waals surface area contributed by atoms with Crippen molar-refractivity contribution in [2.45, 2.75) is 24.7 Å². The Morgan fingerprint density at radius 1 is 1.04 bits per heavy atom. The van der Waals surface area contributed by atoms with Crippen molar-refractivity contribution < 1.29 is 12.8 Å². The molecule has 0 bridgehead atoms. The van der Waals surface area contributed by atoms with Gasteiger partial charge in [0.1, 0.15) is 5.82 Å². The van der Waals surface area contributed by atoms with E-state index in [2.05, 4.69) is 15.6 Å². The van der Waals surface area contributed by atoms with E-state index >= 15 is 0 Å². The molecule has 0 saturated heterocycles. The van der Waals surface area contributed by atoms with Crippen molar-refractivity contribution in [1.29, 1.82) is 0 Å². The minimum Gasteiger partial charge on any atom is -0.357 e. The first-order chi connectivity index (χ1) is 13.0. The Morgan fingerprint density at radius 3 is 2.41 bits per heavy atom. The number of hydrogen-bond acceptors (Lipinski definition) is 3. The maximum Gasteiger partial charge on any atom is 0.191 e. The van der Waals surface area contributed by atoms with Crippen LogP contribution in [0.3, 0.4) is 0 Å². The van der Waals surface area contributed by atoms with Crippen molar-refractivity contribution >= 4 is 15.8 Å². The Bertz CT molecular complexity index is 822. The second-order valence-corrected chi connectivity index (χ2v) is 8.16. The highest BCUT2D eigenvalue weighted by Gasteiger charge is 2.12. The van der Waals surface area contributed by atoms with E-state index in [0.29, 0.717) is 36.9 Å². The summed E-state index contributed by atoms with van der Waals surface area (Å²) in [5.74, 6) is 0.471. The standard InChI is InChI=1S/C20H26FN3O2S/c1-2-22-20(24-15-13-17-9-11-18(21)12-10-17)23-14-6-16-27(25,26)19-7-4-3-5-8-19/h3-5,7-12H,2,6,13-16H2,1H3,(H2,22,23,24). The van der Waals surface area contributed by atoms with Gasteiger partial charge in [-0.3, -0.25) is 4.99 Å². The average Bonchev–Trinajstić information content (AvgIpc) is 2.67. The Balaban J connectivity index is 1.79. The van der Waals surface area contributed by atoms with Crippen LogP contribution in [0.5, 0.6) is 0 Å². The van der Waals surface area contributed by atoms with Crippen molar-refractivity contribution in [3.8, 4) is 0 Å². The summed E-state index contributed by atoms with van der Waals surface area (Å²) in [6.07, 6.45) is 1.19. The van der Waals surface area contributed by atoms with Gasteiger partial charge >= 0.3 is 0 Å². The summed E-state index contributed by atoms with van der Waals surface area (Å²) in [6, 6.07) is 14.9. The first-order valence-corrected chi connectivity index (χ1v) is 10.7. The van der Waals surface area contributed by atoms with Gasteiger partial charge in [-0.05, 0) is 49.6 Å². The fraction of sp³-hybridized carbons (Fsp3) is 0.350. The van der Waals surface area contributed by atoms with Crippen LogP contribution in [0.25, 0.3) is 0 Å². The molecule has 5 nitrogen and oxygen atoms in total. The molecule has 0 aliphatic rings. The van der Waals surface area contributed by atoms with Crippen molar-refractivity contribution in [2.24, 2.45) is 4.99 Å². The second-order valence-electron chi connectivity index (χ2n) is 6.05. The molecular weight excluding hydrogens is 365 g/mol. The fourth-order valence-corrected chi connectivity index (χ4v) is 3.83. The maximum atomic E-state index is 12.9. The molecule has 0 amide bonds. The molecule has 0 aromatic heterocycles. The predicted octanol–water partition coefficient (Wildman–Crippen LogP) is 2.79. The van der Waals surface area contributed by atoms with Gasteiger partial charge in [-0.2, -0.15) is 0 Å². The first-order valence-electron chi connectivity index (χ1n) is 9.05. The van der Waals surface area contributed by atoms with Gasteiger partial charge in [-0.15, -0.1) is 0 Å². The SMILES string of the molecule is CCNC(=NCCCS(=O)(=O)c1ccccc1)NCCc1ccc(F)cc1. The van der Waals surface area contributed by atoms with Gasteiger partial charge in [0.15, 0.2) is 15.8 Å². The monoisotopic (exact) mass is 391 g/mol. The summed E-state index contributed by atoms with van der Waals surface area (Å²) in [5.41, 5.74) is 1.04. The van der Waals surface area contributed by atoms with Crippen LogP contribution in [0, 0.1) is 5.82 Å². The van der Waals surface area contributed by atoms with Gasteiger partial charge in [0.2, 0.25) is 0 Å². The molecule has 2 aromatic rings. The third-order valence-corrected chi connectivity index (χ3v) is 5.72. The molecule has 0 unspecified atom stereocenters. The zero-order valence-corrected chi connectivity index (χ0v) is 16.3. The van der Waals surface area contributed by atoms with E-state index in [1.165, 1.54) is 12.1 Å². The third-order valence-electron chi connectivity index (χ3n) is 3.91. The Kier molecular flexibility index (Phi) is 8.26. The Labute approximate surface area is 160 Å². The van der Waals surface area contributed by atoms with Crippen LogP contribution in [0.2, 0.25) is 0 Å². The van der Waals surface area contributed by atoms with E-state index < -0.39 is 9.84 Å². The molecular formula is C20H26FN3O2S. The van der Waals surface area contributed by atoms with E-state index in [-0.39, 0.29) is 11.6 Å². The Hall–Kier alpha value is -2.41. The zero-order chi connectivity index (χ0) is 19.5. The summed E-state index contributed by atoms with van der Waals surface area (Å²) in [7, 11) is -3.27. The van der Waals surface area contributed by atoms with Crippen molar-refractivity contribution in [2.75, 3.05) is 25.4 Å². The minimum absolute atomic E-state index is 0.0650. The zero-order valence-electron chi connectivity index (χ0n) is 15.5. The Morgan fingerprint density at radius 2 is 1.74 bits per heavy atom. The lowest BCUT2D eigenvalue weighted by molar-refractivity contribution is 0.593. The van der Waals surface area contributed by atoms with E-state index in [4.69, 9.17) is 0 Å². The van der Waals surface area contributed by atoms with Gasteiger partial charge in [-0.25, -0.2) is 12.8 Å². The largest absolute Gasteiger partial charge is 0.357 e. The quantitative estimate of drug-likeness (QED) is 0.392. The van der Waals surface area contributed by atoms with Crippen LogP contribution in [-0.4, -0.2) is 39.8 Å². The van der Waals surface area contributed by atoms with Gasteiger partial charge < -0.3 is 10.6 Å². The molecule has 2 N–H and O–H groups in total. The fourth-order valence-electron chi connectivity index (χ4n) is 2.51. The molecule has 0 aliphatic carbocycles. The van der Waals surface area contributed by atoms with Gasteiger partial charge in [0.25, 0.3) is 0 Å². The van der Waals surface area contributed by atoms with Gasteiger partial charge in [0.05, 0.1) is 10.6 Å². The second kappa shape index (κ2) is 10.7. The molecule has 2 aromatic carbocycles. The maximum absolute atomic E-state index is 12.9. The highest BCUT2D eigenvalue weighted by atomic mass is 32.2. The van der Waals surface area contributed by atoms with Crippen LogP contribution in [-0.2, 0) is 16.3 Å². The molecule has 0 saturated carbocycles. The number of halogens is 1. The van der Waals surface area contributed by atoms with Crippen LogP contribution in [0.4, 0.5) is 4.39 Å². The van der Waals surface area contributed by atoms with E-state index in [0.717, 1.165) is 12.0 Å². The number of nitrogens with one attached hydrogen (secondary N) is 2. The molecule has 27 heavy (non-hydrogen) atoms. The van der Waals surface area contributed by atoms with E-state index in [1.54, 1.807) is 42.5 Å². The van der Waals surface area contributed by atoms with Crippen molar-refractivity contribution in [3.05, 3.63) is 66.0 Å². The topological polar surface area (TPSA) is 70.6 Å². The summed E-state index contributed by atoms with van der Waals surface area (Å²) < 4.78 is 37.4. The molecule has 146 valence electrons. The van der Waals surface area contributed by atoms with Crippen LogP contribution >= 0.6 is 0 Å². The molecule has 0 heterocycles. The molecule has 0 aliphatic heterocycles. The van der Waals surface area contributed by atoms with Crippen LogP contribution in [0.15, 0.2) is 64.5 Å². The van der Waals surface area contributed by atoms with Gasteiger partial charge in [0, 0.05) is 19.6 Å². The van der Waals surface area contributed by atoms with Crippen LogP contribution in [0.1, 0.15) is 18.9 Å². The summed E-state index contributed by atoms with van der Waals surface area (Å²) in [5, 5.41) is 6.35. The number of hydrogen-bond donors (Lipinski definition) is 2. The van der Waals surface area contributed by atoms with Crippen LogP contribution < -0.4 is 10.6 Å². The summed E-state index contributed by atoms with van der Waals surface area (Å²) in [6.45, 7) is 3.75.